The zero-order chi connectivity index (χ0) is 12.4. The first-order chi connectivity index (χ1) is 8.06. The van der Waals surface area contributed by atoms with Gasteiger partial charge in [0, 0.05) is 17.4 Å². The number of hydrogen-bond acceptors (Lipinski definition) is 3. The molecular weight excluding hydrogens is 218 g/mol. The number of nitrogen functional groups attached to an aromatic ring is 1. The lowest BCUT2D eigenvalue weighted by Crippen LogP contribution is -2.31. The van der Waals surface area contributed by atoms with E-state index in [0.717, 1.165) is 5.56 Å². The van der Waals surface area contributed by atoms with Gasteiger partial charge in [-0.25, -0.2) is 4.79 Å². The van der Waals surface area contributed by atoms with E-state index < -0.39 is 5.69 Å². The molecule has 5 heteroatoms. The van der Waals surface area contributed by atoms with Crippen LogP contribution in [0.1, 0.15) is 11.1 Å². The zero-order valence-electron chi connectivity index (χ0n) is 9.43. The average molecular weight is 231 g/mol. The van der Waals surface area contributed by atoms with E-state index in [9.17, 15) is 9.59 Å². The number of hydrogen-bond donors (Lipinski definition) is 2. The molecule has 0 atom stereocenters. The molecule has 1 aromatic heterocycles. The van der Waals surface area contributed by atoms with Crippen LogP contribution in [0.4, 0.5) is 5.69 Å². The molecule has 2 rings (SSSR count). The molecule has 0 saturated heterocycles. The molecule has 5 nitrogen and oxygen atoms in total. The van der Waals surface area contributed by atoms with Gasteiger partial charge >= 0.3 is 5.69 Å². The minimum Gasteiger partial charge on any atom is -0.399 e. The lowest BCUT2D eigenvalue weighted by molar-refractivity contribution is 0.713. The third kappa shape index (κ3) is 2.44. The van der Waals surface area contributed by atoms with Crippen molar-refractivity contribution >= 4 is 5.69 Å². The highest BCUT2D eigenvalue weighted by Gasteiger charge is 2.01. The van der Waals surface area contributed by atoms with Crippen molar-refractivity contribution in [2.75, 3.05) is 5.73 Å². The molecule has 1 aromatic carbocycles. The van der Waals surface area contributed by atoms with Gasteiger partial charge in [0.05, 0.1) is 6.54 Å². The van der Waals surface area contributed by atoms with E-state index in [2.05, 4.69) is 4.98 Å². The summed E-state index contributed by atoms with van der Waals surface area (Å²) in [5, 5.41) is 0. The van der Waals surface area contributed by atoms with Crippen LogP contribution in [0.3, 0.4) is 0 Å². The molecule has 2 aromatic rings. The topological polar surface area (TPSA) is 80.9 Å². The Morgan fingerprint density at radius 3 is 2.53 bits per heavy atom. The second kappa shape index (κ2) is 4.29. The molecule has 0 spiro atoms. The number of benzene rings is 1. The summed E-state index contributed by atoms with van der Waals surface area (Å²) in [6.45, 7) is 2.08. The summed E-state index contributed by atoms with van der Waals surface area (Å²) >= 11 is 0. The van der Waals surface area contributed by atoms with Crippen LogP contribution in [0.15, 0.2) is 40.1 Å². The van der Waals surface area contributed by atoms with Crippen molar-refractivity contribution in [2.45, 2.75) is 13.5 Å². The SMILES string of the molecule is Cc1cn(Cc2ccc(N)cc2)c(=O)[nH]c1=O. The summed E-state index contributed by atoms with van der Waals surface area (Å²) < 4.78 is 1.46. The fourth-order valence-corrected chi connectivity index (χ4v) is 1.56. The van der Waals surface area contributed by atoms with Crippen molar-refractivity contribution in [3.8, 4) is 0 Å². The summed E-state index contributed by atoms with van der Waals surface area (Å²) in [5.74, 6) is 0. The lowest BCUT2D eigenvalue weighted by Gasteiger charge is -2.06. The predicted octanol–water partition coefficient (Wildman–Crippen LogP) is 0.476. The first-order valence-electron chi connectivity index (χ1n) is 5.21. The Kier molecular flexibility index (Phi) is 2.82. The smallest absolute Gasteiger partial charge is 0.328 e. The molecule has 0 aliphatic carbocycles. The Bertz CT molecular complexity index is 638. The van der Waals surface area contributed by atoms with E-state index >= 15 is 0 Å². The van der Waals surface area contributed by atoms with Crippen LogP contribution in [0.2, 0.25) is 0 Å². The van der Waals surface area contributed by atoms with Crippen molar-refractivity contribution in [1.29, 1.82) is 0 Å². The number of anilines is 1. The largest absolute Gasteiger partial charge is 0.399 e. The molecule has 0 aliphatic rings. The highest BCUT2D eigenvalue weighted by molar-refractivity contribution is 5.39. The van der Waals surface area contributed by atoms with Gasteiger partial charge in [0.25, 0.3) is 5.56 Å². The van der Waals surface area contributed by atoms with E-state index in [1.807, 2.05) is 12.1 Å². The maximum atomic E-state index is 11.5. The number of nitrogens with one attached hydrogen (secondary N) is 1. The fraction of sp³-hybridized carbons (Fsp3) is 0.167. The van der Waals surface area contributed by atoms with Crippen molar-refractivity contribution in [3.63, 3.8) is 0 Å². The molecule has 0 saturated carbocycles. The lowest BCUT2D eigenvalue weighted by atomic mass is 10.2. The molecular formula is C12H13N3O2. The molecule has 0 radical (unpaired) electrons. The van der Waals surface area contributed by atoms with Gasteiger partial charge in [-0.05, 0) is 24.6 Å². The van der Waals surface area contributed by atoms with Crippen LogP contribution in [-0.2, 0) is 6.54 Å². The third-order valence-electron chi connectivity index (χ3n) is 2.52. The maximum Gasteiger partial charge on any atom is 0.328 e. The molecule has 3 N–H and O–H groups in total. The van der Waals surface area contributed by atoms with E-state index in [1.165, 1.54) is 4.57 Å². The molecule has 0 aliphatic heterocycles. The molecule has 0 fully saturated rings. The summed E-state index contributed by atoms with van der Waals surface area (Å²) in [6.07, 6.45) is 1.55. The van der Waals surface area contributed by atoms with Crippen LogP contribution < -0.4 is 17.0 Å². The van der Waals surface area contributed by atoms with Crippen LogP contribution >= 0.6 is 0 Å². The van der Waals surface area contributed by atoms with E-state index in [-0.39, 0.29) is 5.56 Å². The van der Waals surface area contributed by atoms with Crippen LogP contribution in [0, 0.1) is 6.92 Å². The van der Waals surface area contributed by atoms with Gasteiger partial charge in [-0.3, -0.25) is 14.3 Å². The summed E-state index contributed by atoms with van der Waals surface area (Å²) in [4.78, 5) is 25.0. The van der Waals surface area contributed by atoms with Gasteiger partial charge in [-0.2, -0.15) is 0 Å². The first kappa shape index (κ1) is 11.2. The van der Waals surface area contributed by atoms with Gasteiger partial charge in [-0.1, -0.05) is 12.1 Å². The fourth-order valence-electron chi connectivity index (χ4n) is 1.56. The summed E-state index contributed by atoms with van der Waals surface area (Å²) in [6, 6.07) is 7.25. The quantitative estimate of drug-likeness (QED) is 0.737. The Labute approximate surface area is 97.5 Å². The average Bonchev–Trinajstić information content (AvgIpc) is 2.29. The third-order valence-corrected chi connectivity index (χ3v) is 2.52. The molecule has 17 heavy (non-hydrogen) atoms. The summed E-state index contributed by atoms with van der Waals surface area (Å²) in [5.41, 5.74) is 6.97. The van der Waals surface area contributed by atoms with E-state index in [0.29, 0.717) is 17.8 Å². The second-order valence-corrected chi connectivity index (χ2v) is 3.94. The number of H-pyrrole nitrogens is 1. The number of aromatic amines is 1. The van der Waals surface area contributed by atoms with Crippen molar-refractivity contribution in [1.82, 2.24) is 9.55 Å². The monoisotopic (exact) mass is 231 g/mol. The van der Waals surface area contributed by atoms with Crippen LogP contribution in [-0.4, -0.2) is 9.55 Å². The minimum atomic E-state index is -0.405. The van der Waals surface area contributed by atoms with Crippen molar-refractivity contribution in [2.24, 2.45) is 0 Å². The van der Waals surface area contributed by atoms with Gasteiger partial charge in [0.2, 0.25) is 0 Å². The van der Waals surface area contributed by atoms with Gasteiger partial charge in [0.1, 0.15) is 0 Å². The highest BCUT2D eigenvalue weighted by Crippen LogP contribution is 2.06. The van der Waals surface area contributed by atoms with Crippen LogP contribution in [0.5, 0.6) is 0 Å². The number of aryl methyl sites for hydroxylation is 1. The standard InChI is InChI=1S/C12H13N3O2/c1-8-6-15(12(17)14-11(8)16)7-9-2-4-10(13)5-3-9/h2-6H,7,13H2,1H3,(H,14,16,17). The Balaban J connectivity index is 2.36. The number of nitrogens with two attached hydrogens (primary N) is 1. The molecule has 0 amide bonds. The maximum absolute atomic E-state index is 11.5. The Morgan fingerprint density at radius 2 is 1.88 bits per heavy atom. The molecule has 88 valence electrons. The normalized spacial score (nSPS) is 10.4. The predicted molar refractivity (Wildman–Crippen MR) is 66.0 cm³/mol. The zero-order valence-corrected chi connectivity index (χ0v) is 9.43. The van der Waals surface area contributed by atoms with Gasteiger partial charge in [-0.15, -0.1) is 0 Å². The molecule has 0 bridgehead atoms. The number of aromatic nitrogens is 2. The minimum absolute atomic E-state index is 0.344. The number of rotatable bonds is 2. The van der Waals surface area contributed by atoms with Crippen molar-refractivity contribution < 1.29 is 0 Å². The van der Waals surface area contributed by atoms with Crippen molar-refractivity contribution in [3.05, 3.63) is 62.4 Å². The Hall–Kier alpha value is -2.30. The second-order valence-electron chi connectivity index (χ2n) is 3.94. The van der Waals surface area contributed by atoms with E-state index in [1.54, 1.807) is 25.3 Å². The summed E-state index contributed by atoms with van der Waals surface area (Å²) in [7, 11) is 0. The first-order valence-corrected chi connectivity index (χ1v) is 5.21. The van der Waals surface area contributed by atoms with Gasteiger partial charge in [0.15, 0.2) is 0 Å². The molecule has 1 heterocycles. The molecule has 0 unspecified atom stereocenters. The van der Waals surface area contributed by atoms with Crippen LogP contribution in [0.25, 0.3) is 0 Å². The Morgan fingerprint density at radius 1 is 1.24 bits per heavy atom. The highest BCUT2D eigenvalue weighted by atomic mass is 16.2. The van der Waals surface area contributed by atoms with Gasteiger partial charge < -0.3 is 5.73 Å². The van der Waals surface area contributed by atoms with E-state index in [4.69, 9.17) is 5.73 Å². The number of nitrogens with zero attached hydrogens (tertiary/aromatic N) is 1.